The average Bonchev–Trinajstić information content (AvgIpc) is 2.34. The lowest BCUT2D eigenvalue weighted by atomic mass is 10.2. The maximum atomic E-state index is 11.1. The van der Waals surface area contributed by atoms with Crippen molar-refractivity contribution in [2.24, 2.45) is 0 Å². The summed E-state index contributed by atoms with van der Waals surface area (Å²) < 4.78 is 5.33. The van der Waals surface area contributed by atoms with Gasteiger partial charge in [0.1, 0.15) is 12.2 Å². The number of hydrogen-bond acceptors (Lipinski definition) is 5. The number of likely N-dealkylation sites (N-methyl/N-ethyl adjacent to an activating group) is 1. The van der Waals surface area contributed by atoms with E-state index in [1.165, 1.54) is 24.1 Å². The number of carbonyl (C=O) groups is 1. The van der Waals surface area contributed by atoms with E-state index in [1.54, 1.807) is 6.07 Å². The molecule has 1 rings (SSSR count). The second-order valence-electron chi connectivity index (χ2n) is 3.98. The molecule has 0 aliphatic heterocycles. The second-order valence-corrected chi connectivity index (χ2v) is 3.98. The standard InChI is InChI=1S/C12H16N2O5/c1-3-7-19-10-6-4-5-9(12(10)14(17)18)13(2)8-11(15)16/h4-6H,3,7-8H2,1-2H3,(H,15,16). The number of aliphatic carboxylic acids is 1. The Morgan fingerprint density at radius 1 is 1.53 bits per heavy atom. The van der Waals surface area contributed by atoms with Gasteiger partial charge in [-0.2, -0.15) is 0 Å². The number of nitro groups is 1. The smallest absolute Gasteiger partial charge is 0.333 e. The molecule has 0 saturated carbocycles. The highest BCUT2D eigenvalue weighted by Crippen LogP contribution is 2.36. The first-order chi connectivity index (χ1) is 8.97. The maximum Gasteiger partial charge on any atom is 0.333 e. The van der Waals surface area contributed by atoms with Gasteiger partial charge in [0.2, 0.25) is 0 Å². The van der Waals surface area contributed by atoms with Crippen molar-refractivity contribution in [3.63, 3.8) is 0 Å². The van der Waals surface area contributed by atoms with Crippen molar-refractivity contribution < 1.29 is 19.6 Å². The Kier molecular flexibility index (Phi) is 5.11. The molecule has 0 heterocycles. The van der Waals surface area contributed by atoms with Crippen molar-refractivity contribution in [3.8, 4) is 5.75 Å². The third kappa shape index (κ3) is 3.84. The number of rotatable bonds is 7. The quantitative estimate of drug-likeness (QED) is 0.599. The Morgan fingerprint density at radius 2 is 2.21 bits per heavy atom. The summed E-state index contributed by atoms with van der Waals surface area (Å²) in [6, 6.07) is 4.61. The fourth-order valence-corrected chi connectivity index (χ4v) is 1.62. The van der Waals surface area contributed by atoms with Gasteiger partial charge in [-0.25, -0.2) is 0 Å². The Balaban J connectivity index is 3.15. The van der Waals surface area contributed by atoms with Crippen molar-refractivity contribution in [2.75, 3.05) is 25.1 Å². The van der Waals surface area contributed by atoms with E-state index in [9.17, 15) is 14.9 Å². The second kappa shape index (κ2) is 6.58. The highest BCUT2D eigenvalue weighted by atomic mass is 16.6. The number of para-hydroxylation sites is 1. The highest BCUT2D eigenvalue weighted by molar-refractivity contribution is 5.77. The zero-order valence-corrected chi connectivity index (χ0v) is 10.8. The molecule has 19 heavy (non-hydrogen) atoms. The average molecular weight is 268 g/mol. The van der Waals surface area contributed by atoms with Crippen LogP contribution in [-0.2, 0) is 4.79 Å². The largest absolute Gasteiger partial charge is 0.487 e. The Hall–Kier alpha value is -2.31. The molecule has 1 aromatic rings. The summed E-state index contributed by atoms with van der Waals surface area (Å²) in [7, 11) is 1.49. The fraction of sp³-hybridized carbons (Fsp3) is 0.417. The lowest BCUT2D eigenvalue weighted by Gasteiger charge is -2.18. The third-order valence-corrected chi connectivity index (χ3v) is 2.41. The molecule has 0 spiro atoms. The number of anilines is 1. The Labute approximate surface area is 110 Å². The van der Waals surface area contributed by atoms with Crippen LogP contribution in [0, 0.1) is 10.1 Å². The lowest BCUT2D eigenvalue weighted by Crippen LogP contribution is -2.25. The van der Waals surface area contributed by atoms with E-state index >= 15 is 0 Å². The van der Waals surface area contributed by atoms with E-state index in [1.807, 2.05) is 6.92 Å². The normalized spacial score (nSPS) is 10.0. The number of hydrogen-bond donors (Lipinski definition) is 1. The summed E-state index contributed by atoms with van der Waals surface area (Å²) >= 11 is 0. The van der Waals surface area contributed by atoms with E-state index in [-0.39, 0.29) is 23.7 Å². The number of carboxylic acid groups (broad SMARTS) is 1. The molecule has 7 nitrogen and oxygen atoms in total. The summed E-state index contributed by atoms with van der Waals surface area (Å²) in [6.45, 7) is 1.94. The number of carboxylic acids is 1. The zero-order valence-electron chi connectivity index (χ0n) is 10.8. The molecule has 0 aliphatic carbocycles. The zero-order chi connectivity index (χ0) is 14.4. The number of nitro benzene ring substituents is 1. The molecule has 0 amide bonds. The lowest BCUT2D eigenvalue weighted by molar-refractivity contribution is -0.385. The number of nitrogens with zero attached hydrogens (tertiary/aromatic N) is 2. The van der Waals surface area contributed by atoms with Gasteiger partial charge in [0.05, 0.1) is 11.5 Å². The van der Waals surface area contributed by atoms with E-state index in [4.69, 9.17) is 9.84 Å². The summed E-state index contributed by atoms with van der Waals surface area (Å²) in [4.78, 5) is 22.6. The van der Waals surface area contributed by atoms with Gasteiger partial charge in [0.25, 0.3) is 0 Å². The number of ether oxygens (including phenoxy) is 1. The summed E-state index contributed by atoms with van der Waals surface area (Å²) in [5.74, 6) is -0.904. The van der Waals surface area contributed by atoms with Crippen LogP contribution in [0.3, 0.4) is 0 Å². The predicted octanol–water partition coefficient (Wildman–Crippen LogP) is 1.90. The minimum absolute atomic E-state index is 0.154. The summed E-state index contributed by atoms with van der Waals surface area (Å²) in [5, 5.41) is 19.9. The summed E-state index contributed by atoms with van der Waals surface area (Å²) in [5.41, 5.74) is 0.0145. The maximum absolute atomic E-state index is 11.1. The minimum atomic E-state index is -1.06. The first kappa shape index (κ1) is 14.7. The molecule has 0 radical (unpaired) electrons. The Bertz CT molecular complexity index is 475. The Morgan fingerprint density at radius 3 is 2.74 bits per heavy atom. The molecule has 0 atom stereocenters. The van der Waals surface area contributed by atoms with Crippen molar-refractivity contribution in [1.29, 1.82) is 0 Å². The van der Waals surface area contributed by atoms with Crippen LogP contribution in [0.15, 0.2) is 18.2 Å². The first-order valence-electron chi connectivity index (χ1n) is 5.80. The van der Waals surface area contributed by atoms with E-state index in [0.717, 1.165) is 6.42 Å². The van der Waals surface area contributed by atoms with E-state index in [2.05, 4.69) is 0 Å². The first-order valence-corrected chi connectivity index (χ1v) is 5.80. The molecule has 0 aliphatic rings. The van der Waals surface area contributed by atoms with Crippen molar-refractivity contribution >= 4 is 17.3 Å². The molecule has 0 bridgehead atoms. The third-order valence-electron chi connectivity index (χ3n) is 2.41. The molecule has 0 unspecified atom stereocenters. The molecule has 7 heteroatoms. The molecular weight excluding hydrogens is 252 g/mol. The van der Waals surface area contributed by atoms with Gasteiger partial charge < -0.3 is 14.7 Å². The van der Waals surface area contributed by atoms with Crippen LogP contribution < -0.4 is 9.64 Å². The SMILES string of the molecule is CCCOc1cccc(N(C)CC(=O)O)c1[N+](=O)[O-]. The van der Waals surface area contributed by atoms with E-state index < -0.39 is 10.9 Å². The van der Waals surface area contributed by atoms with Crippen molar-refractivity contribution in [1.82, 2.24) is 0 Å². The van der Waals surface area contributed by atoms with Crippen LogP contribution in [-0.4, -0.2) is 36.2 Å². The van der Waals surface area contributed by atoms with Gasteiger partial charge in [-0.3, -0.25) is 14.9 Å². The van der Waals surface area contributed by atoms with Crippen LogP contribution in [0.25, 0.3) is 0 Å². The predicted molar refractivity (Wildman–Crippen MR) is 69.8 cm³/mol. The van der Waals surface area contributed by atoms with Gasteiger partial charge in [0.15, 0.2) is 5.75 Å². The van der Waals surface area contributed by atoms with Gasteiger partial charge in [-0.05, 0) is 18.6 Å². The summed E-state index contributed by atoms with van der Waals surface area (Å²) in [6.07, 6.45) is 0.729. The molecular formula is C12H16N2O5. The molecule has 1 N–H and O–H groups in total. The highest BCUT2D eigenvalue weighted by Gasteiger charge is 2.24. The molecule has 0 aromatic heterocycles. The number of benzene rings is 1. The van der Waals surface area contributed by atoms with Crippen LogP contribution in [0.4, 0.5) is 11.4 Å². The van der Waals surface area contributed by atoms with Crippen LogP contribution in [0.2, 0.25) is 0 Å². The monoisotopic (exact) mass is 268 g/mol. The molecule has 0 fully saturated rings. The molecule has 1 aromatic carbocycles. The molecule has 0 saturated heterocycles. The van der Waals surface area contributed by atoms with Crippen LogP contribution in [0.1, 0.15) is 13.3 Å². The van der Waals surface area contributed by atoms with Crippen molar-refractivity contribution in [3.05, 3.63) is 28.3 Å². The van der Waals surface area contributed by atoms with Gasteiger partial charge in [-0.1, -0.05) is 13.0 Å². The van der Waals surface area contributed by atoms with Crippen LogP contribution in [0.5, 0.6) is 5.75 Å². The van der Waals surface area contributed by atoms with Crippen LogP contribution >= 0.6 is 0 Å². The van der Waals surface area contributed by atoms with E-state index in [0.29, 0.717) is 6.61 Å². The fourth-order valence-electron chi connectivity index (χ4n) is 1.62. The van der Waals surface area contributed by atoms with Gasteiger partial charge in [0, 0.05) is 7.05 Å². The topological polar surface area (TPSA) is 92.9 Å². The minimum Gasteiger partial charge on any atom is -0.487 e. The van der Waals surface area contributed by atoms with Gasteiger partial charge >= 0.3 is 11.7 Å². The molecule has 104 valence electrons. The van der Waals surface area contributed by atoms with Gasteiger partial charge in [-0.15, -0.1) is 0 Å². The van der Waals surface area contributed by atoms with Crippen molar-refractivity contribution in [2.45, 2.75) is 13.3 Å².